The molecule has 1 unspecified atom stereocenters. The van der Waals surface area contributed by atoms with Crippen molar-refractivity contribution in [3.63, 3.8) is 0 Å². The molecule has 0 saturated heterocycles. The molecule has 0 rings (SSSR count). The van der Waals surface area contributed by atoms with Crippen LogP contribution in [-0.4, -0.2) is 37.2 Å². The van der Waals surface area contributed by atoms with Crippen LogP contribution in [0.1, 0.15) is 310 Å². The first-order chi connectivity index (χ1) is 40.5. The summed E-state index contributed by atoms with van der Waals surface area (Å²) in [5.41, 5.74) is 0. The lowest BCUT2D eigenvalue weighted by Gasteiger charge is -2.18. The van der Waals surface area contributed by atoms with E-state index < -0.39 is 6.10 Å². The standard InChI is InChI=1S/C76H126O6/c1-4-7-10-13-16-19-22-25-28-30-32-34-36-37-38-39-41-42-44-46-48-51-54-57-60-63-66-69-75(78)81-72-73(71-80-74(77)68-65-62-59-56-53-50-27-24-21-18-15-12-9-6-3)82-76(79)70-67-64-61-58-55-52-49-47-45-43-40-35-33-31-29-26-23-20-17-14-11-8-5-2/h7,10,15-16,18-19,23-28,31-34,37-38,41-42,46,48,73H,4-6,8-9,11-14,17,20-22,29-30,35-36,39-40,43-45,47,49-72H2,1-3H3/b10-7-,18-15-,19-16-,26-23-,27-24-,28-25-,33-31-,34-32-,38-37-,42-41-,48-46-. The van der Waals surface area contributed by atoms with Gasteiger partial charge >= 0.3 is 17.9 Å². The average Bonchev–Trinajstić information content (AvgIpc) is 3.48. The number of unbranched alkanes of at least 4 members (excludes halogenated alkanes) is 28. The Balaban J connectivity index is 4.40. The largest absolute Gasteiger partial charge is 0.462 e. The van der Waals surface area contributed by atoms with Crippen LogP contribution < -0.4 is 0 Å². The van der Waals surface area contributed by atoms with Crippen molar-refractivity contribution in [2.45, 2.75) is 316 Å². The van der Waals surface area contributed by atoms with Gasteiger partial charge in [0.1, 0.15) is 13.2 Å². The molecule has 466 valence electrons. The van der Waals surface area contributed by atoms with Gasteiger partial charge in [0.15, 0.2) is 6.10 Å². The third-order valence-corrected chi connectivity index (χ3v) is 14.4. The van der Waals surface area contributed by atoms with Crippen molar-refractivity contribution in [3.8, 4) is 0 Å². The summed E-state index contributed by atoms with van der Waals surface area (Å²) in [4.78, 5) is 38.4. The monoisotopic (exact) mass is 1130 g/mol. The molecule has 0 fully saturated rings. The zero-order chi connectivity index (χ0) is 59.2. The highest BCUT2D eigenvalue weighted by atomic mass is 16.6. The highest BCUT2D eigenvalue weighted by Gasteiger charge is 2.19. The summed E-state index contributed by atoms with van der Waals surface area (Å²) in [6.07, 6.45) is 97.4. The topological polar surface area (TPSA) is 78.9 Å². The van der Waals surface area contributed by atoms with E-state index in [0.29, 0.717) is 19.3 Å². The van der Waals surface area contributed by atoms with Crippen molar-refractivity contribution in [3.05, 3.63) is 134 Å². The summed E-state index contributed by atoms with van der Waals surface area (Å²) in [7, 11) is 0. The van der Waals surface area contributed by atoms with E-state index in [4.69, 9.17) is 14.2 Å². The zero-order valence-electron chi connectivity index (χ0n) is 53.5. The average molecular weight is 1140 g/mol. The van der Waals surface area contributed by atoms with Gasteiger partial charge in [0.2, 0.25) is 0 Å². The Morgan fingerprint density at radius 3 is 0.780 bits per heavy atom. The van der Waals surface area contributed by atoms with Crippen LogP contribution in [0.25, 0.3) is 0 Å². The first-order valence-electron chi connectivity index (χ1n) is 34.2. The van der Waals surface area contributed by atoms with Gasteiger partial charge < -0.3 is 14.2 Å². The van der Waals surface area contributed by atoms with E-state index >= 15 is 0 Å². The van der Waals surface area contributed by atoms with Crippen molar-refractivity contribution in [2.24, 2.45) is 0 Å². The van der Waals surface area contributed by atoms with Gasteiger partial charge in [0.25, 0.3) is 0 Å². The highest BCUT2D eigenvalue weighted by molar-refractivity contribution is 5.71. The number of esters is 3. The number of carbonyl (C=O) groups excluding carboxylic acids is 3. The van der Waals surface area contributed by atoms with Crippen molar-refractivity contribution in [1.82, 2.24) is 0 Å². The van der Waals surface area contributed by atoms with E-state index in [0.717, 1.165) is 154 Å². The van der Waals surface area contributed by atoms with Crippen LogP contribution in [0.15, 0.2) is 134 Å². The van der Waals surface area contributed by atoms with Crippen LogP contribution in [0.2, 0.25) is 0 Å². The summed E-state index contributed by atoms with van der Waals surface area (Å²) < 4.78 is 16.9. The number of rotatable bonds is 61. The molecule has 0 aliphatic carbocycles. The Hall–Kier alpha value is -4.45. The maximum absolute atomic E-state index is 13.0. The van der Waals surface area contributed by atoms with Crippen molar-refractivity contribution >= 4 is 17.9 Å². The lowest BCUT2D eigenvalue weighted by atomic mass is 10.0. The molecule has 6 nitrogen and oxygen atoms in total. The van der Waals surface area contributed by atoms with Crippen molar-refractivity contribution in [1.29, 1.82) is 0 Å². The van der Waals surface area contributed by atoms with E-state index in [1.54, 1.807) is 0 Å². The van der Waals surface area contributed by atoms with E-state index in [9.17, 15) is 14.4 Å². The molecule has 0 spiro atoms. The SMILES string of the molecule is CC/C=C\C/C=C\C/C=C\C/C=C\C/C=C\C/C=C\C/C=C\CCCCCCCC(=O)OCC(COC(=O)CCCCCCC/C=C\C/C=C\CCCC)OC(=O)CCCCCCCCCCCCC/C=C\C/C=C\CCCCCCC. The molecular formula is C76H126O6. The zero-order valence-corrected chi connectivity index (χ0v) is 53.5. The molecule has 0 saturated carbocycles. The van der Waals surface area contributed by atoms with Gasteiger partial charge in [-0.05, 0) is 135 Å². The first-order valence-corrected chi connectivity index (χ1v) is 34.2. The minimum atomic E-state index is -0.800. The Morgan fingerprint density at radius 1 is 0.256 bits per heavy atom. The molecule has 0 bridgehead atoms. The Kier molecular flexibility index (Phi) is 65.3. The van der Waals surface area contributed by atoms with Gasteiger partial charge in [-0.25, -0.2) is 0 Å². The van der Waals surface area contributed by atoms with Crippen LogP contribution in [0.5, 0.6) is 0 Å². The normalized spacial score (nSPS) is 13.0. The lowest BCUT2D eigenvalue weighted by molar-refractivity contribution is -0.167. The summed E-state index contributed by atoms with van der Waals surface area (Å²) in [6, 6.07) is 0. The summed E-state index contributed by atoms with van der Waals surface area (Å²) in [5, 5.41) is 0. The van der Waals surface area contributed by atoms with E-state index in [1.807, 2.05) is 0 Å². The second kappa shape index (κ2) is 69.0. The Labute approximate surface area is 506 Å². The third kappa shape index (κ3) is 66.4. The van der Waals surface area contributed by atoms with Gasteiger partial charge in [-0.3, -0.25) is 14.4 Å². The second-order valence-corrected chi connectivity index (χ2v) is 22.3. The molecule has 0 aliphatic heterocycles. The lowest BCUT2D eigenvalue weighted by Crippen LogP contribution is -2.30. The molecule has 0 amide bonds. The van der Waals surface area contributed by atoms with Crippen molar-refractivity contribution in [2.75, 3.05) is 13.2 Å². The summed E-state index contributed by atoms with van der Waals surface area (Å²) in [6.45, 7) is 6.46. The highest BCUT2D eigenvalue weighted by Crippen LogP contribution is 2.16. The molecule has 0 N–H and O–H groups in total. The molecule has 0 aliphatic rings. The fourth-order valence-corrected chi connectivity index (χ4v) is 9.24. The molecular weight excluding hydrogens is 1010 g/mol. The fraction of sp³-hybridized carbons (Fsp3) is 0.671. The maximum atomic E-state index is 13.0. The van der Waals surface area contributed by atoms with Gasteiger partial charge in [-0.2, -0.15) is 0 Å². The fourth-order valence-electron chi connectivity index (χ4n) is 9.24. The van der Waals surface area contributed by atoms with Gasteiger partial charge in [0.05, 0.1) is 0 Å². The maximum Gasteiger partial charge on any atom is 0.306 e. The Bertz CT molecular complexity index is 1730. The molecule has 1 atom stereocenters. The minimum Gasteiger partial charge on any atom is -0.462 e. The van der Waals surface area contributed by atoms with E-state index in [2.05, 4.69) is 154 Å². The van der Waals surface area contributed by atoms with Crippen molar-refractivity contribution < 1.29 is 28.6 Å². The van der Waals surface area contributed by atoms with Crippen LogP contribution in [0.3, 0.4) is 0 Å². The molecule has 82 heavy (non-hydrogen) atoms. The quantitative estimate of drug-likeness (QED) is 0.0261. The molecule has 0 heterocycles. The Morgan fingerprint density at radius 2 is 0.488 bits per heavy atom. The predicted molar refractivity (Wildman–Crippen MR) is 357 cm³/mol. The molecule has 0 aromatic rings. The molecule has 0 aromatic carbocycles. The van der Waals surface area contributed by atoms with Gasteiger partial charge in [0, 0.05) is 19.3 Å². The minimum absolute atomic E-state index is 0.0952. The predicted octanol–water partition coefficient (Wildman–Crippen LogP) is 23.7. The third-order valence-electron chi connectivity index (χ3n) is 14.4. The van der Waals surface area contributed by atoms with Gasteiger partial charge in [-0.1, -0.05) is 289 Å². The smallest absolute Gasteiger partial charge is 0.306 e. The number of hydrogen-bond acceptors (Lipinski definition) is 6. The van der Waals surface area contributed by atoms with E-state index in [-0.39, 0.29) is 31.1 Å². The molecule has 0 aromatic heterocycles. The van der Waals surface area contributed by atoms with Crippen LogP contribution in [0, 0.1) is 0 Å². The van der Waals surface area contributed by atoms with E-state index in [1.165, 1.54) is 116 Å². The summed E-state index contributed by atoms with van der Waals surface area (Å²) >= 11 is 0. The first kappa shape index (κ1) is 77.5. The van der Waals surface area contributed by atoms with Crippen LogP contribution in [0.4, 0.5) is 0 Å². The van der Waals surface area contributed by atoms with Gasteiger partial charge in [-0.15, -0.1) is 0 Å². The molecule has 0 radical (unpaired) electrons. The number of hydrogen-bond donors (Lipinski definition) is 0. The second-order valence-electron chi connectivity index (χ2n) is 22.3. The summed E-state index contributed by atoms with van der Waals surface area (Å²) in [5.74, 6) is -0.924. The number of allylic oxidation sites excluding steroid dienone is 22. The molecule has 6 heteroatoms. The number of ether oxygens (including phenoxy) is 3. The van der Waals surface area contributed by atoms with Crippen LogP contribution >= 0.6 is 0 Å². The number of carbonyl (C=O) groups is 3. The van der Waals surface area contributed by atoms with Crippen LogP contribution in [-0.2, 0) is 28.6 Å².